The van der Waals surface area contributed by atoms with Crippen molar-refractivity contribution >= 4 is 22.2 Å². The number of rotatable bonds is 6. The summed E-state index contributed by atoms with van der Waals surface area (Å²) in [5.41, 5.74) is 0. The standard InChI is InChI=1S/C14H15N5O3S/c20-14(10-5-6-12(23-10)19(21)22)15-7-11-16-17-13(8-1-2-8)18(11)9-3-4-9/h5-6,8-9H,1-4,7H2,(H,15,20). The minimum absolute atomic E-state index is 0.0349. The van der Waals surface area contributed by atoms with Crippen LogP contribution in [0.1, 0.15) is 59.0 Å². The summed E-state index contributed by atoms with van der Waals surface area (Å²) in [4.78, 5) is 22.6. The molecule has 2 fully saturated rings. The minimum Gasteiger partial charge on any atom is -0.344 e. The van der Waals surface area contributed by atoms with Crippen LogP contribution in [0.5, 0.6) is 0 Å². The van der Waals surface area contributed by atoms with Crippen LogP contribution in [0.15, 0.2) is 12.1 Å². The number of thiophene rings is 1. The maximum atomic E-state index is 12.1. The predicted octanol–water partition coefficient (Wildman–Crippen LogP) is 2.39. The van der Waals surface area contributed by atoms with Gasteiger partial charge in [-0.1, -0.05) is 11.3 Å². The Balaban J connectivity index is 1.46. The van der Waals surface area contributed by atoms with Crippen molar-refractivity contribution in [2.75, 3.05) is 0 Å². The molecule has 2 aromatic rings. The molecule has 0 aliphatic heterocycles. The summed E-state index contributed by atoms with van der Waals surface area (Å²) in [6.45, 7) is 0.292. The molecule has 0 aromatic carbocycles. The quantitative estimate of drug-likeness (QED) is 0.646. The molecule has 2 heterocycles. The molecule has 4 rings (SSSR count). The Bertz CT molecular complexity index is 775. The molecule has 2 saturated carbocycles. The molecule has 1 amide bonds. The number of nitrogens with zero attached hydrogens (tertiary/aromatic N) is 4. The van der Waals surface area contributed by atoms with Gasteiger partial charge in [0, 0.05) is 18.0 Å². The van der Waals surface area contributed by atoms with Crippen molar-refractivity contribution in [1.29, 1.82) is 0 Å². The topological polar surface area (TPSA) is 103 Å². The third-order valence-corrected chi connectivity index (χ3v) is 5.09. The van der Waals surface area contributed by atoms with E-state index in [-0.39, 0.29) is 10.9 Å². The summed E-state index contributed by atoms with van der Waals surface area (Å²) in [6, 6.07) is 3.28. The van der Waals surface area contributed by atoms with E-state index < -0.39 is 4.92 Å². The van der Waals surface area contributed by atoms with Gasteiger partial charge in [0.2, 0.25) is 0 Å². The molecule has 2 aromatic heterocycles. The molecule has 0 spiro atoms. The Hall–Kier alpha value is -2.29. The van der Waals surface area contributed by atoms with E-state index in [1.165, 1.54) is 12.1 Å². The highest BCUT2D eigenvalue weighted by Gasteiger charge is 2.36. The smallest absolute Gasteiger partial charge is 0.324 e. The van der Waals surface area contributed by atoms with Crippen molar-refractivity contribution in [2.24, 2.45) is 0 Å². The molecule has 9 heteroatoms. The fourth-order valence-corrected chi connectivity index (χ4v) is 3.34. The molecule has 1 N–H and O–H groups in total. The highest BCUT2D eigenvalue weighted by atomic mass is 32.1. The molecule has 120 valence electrons. The zero-order valence-electron chi connectivity index (χ0n) is 12.3. The highest BCUT2D eigenvalue weighted by molar-refractivity contribution is 7.17. The first-order chi connectivity index (χ1) is 11.1. The molecule has 0 unspecified atom stereocenters. The van der Waals surface area contributed by atoms with Crippen molar-refractivity contribution in [2.45, 2.75) is 44.2 Å². The number of hydrogen-bond donors (Lipinski definition) is 1. The van der Waals surface area contributed by atoms with E-state index in [2.05, 4.69) is 20.1 Å². The summed E-state index contributed by atoms with van der Waals surface area (Å²) in [5.74, 6) is 2.02. The summed E-state index contributed by atoms with van der Waals surface area (Å²) in [7, 11) is 0. The summed E-state index contributed by atoms with van der Waals surface area (Å²) in [6.07, 6.45) is 4.60. The monoisotopic (exact) mass is 333 g/mol. The third-order valence-electron chi connectivity index (χ3n) is 4.05. The van der Waals surface area contributed by atoms with Crippen LogP contribution in [0, 0.1) is 10.1 Å². The largest absolute Gasteiger partial charge is 0.344 e. The average molecular weight is 333 g/mol. The number of aromatic nitrogens is 3. The highest BCUT2D eigenvalue weighted by Crippen LogP contribution is 2.44. The van der Waals surface area contributed by atoms with Crippen LogP contribution in [0.4, 0.5) is 5.00 Å². The Kier molecular flexibility index (Phi) is 3.37. The average Bonchev–Trinajstić information content (AvgIpc) is 3.46. The van der Waals surface area contributed by atoms with E-state index in [0.717, 1.165) is 48.7 Å². The Morgan fingerprint density at radius 2 is 2.13 bits per heavy atom. The summed E-state index contributed by atoms with van der Waals surface area (Å²) in [5, 5.41) is 22.0. The molecule has 2 aliphatic rings. The van der Waals surface area contributed by atoms with Crippen molar-refractivity contribution in [3.63, 3.8) is 0 Å². The zero-order chi connectivity index (χ0) is 16.0. The van der Waals surface area contributed by atoms with Crippen molar-refractivity contribution in [3.05, 3.63) is 38.8 Å². The lowest BCUT2D eigenvalue weighted by atomic mass is 10.3. The summed E-state index contributed by atoms with van der Waals surface area (Å²) < 4.78 is 2.18. The molecule has 0 bridgehead atoms. The van der Waals surface area contributed by atoms with Gasteiger partial charge >= 0.3 is 5.00 Å². The molecule has 2 aliphatic carbocycles. The van der Waals surface area contributed by atoms with Crippen LogP contribution >= 0.6 is 11.3 Å². The maximum absolute atomic E-state index is 12.1. The second-order valence-electron chi connectivity index (χ2n) is 5.93. The summed E-state index contributed by atoms with van der Waals surface area (Å²) >= 11 is 0.873. The molecule has 8 nitrogen and oxygen atoms in total. The van der Waals surface area contributed by atoms with Crippen molar-refractivity contribution in [3.8, 4) is 0 Å². The SMILES string of the molecule is O=C(NCc1nnc(C2CC2)n1C1CC1)c1ccc([N+](=O)[O-])s1. The fraction of sp³-hybridized carbons (Fsp3) is 0.500. The van der Waals surface area contributed by atoms with Gasteiger partial charge in [0.25, 0.3) is 5.91 Å². The van der Waals surface area contributed by atoms with Crippen LogP contribution in [-0.2, 0) is 6.54 Å². The first-order valence-electron chi connectivity index (χ1n) is 7.59. The van der Waals surface area contributed by atoms with Crippen LogP contribution in [0.3, 0.4) is 0 Å². The molecular weight excluding hydrogens is 318 g/mol. The molecule has 0 saturated heterocycles. The Labute approximate surface area is 135 Å². The van der Waals surface area contributed by atoms with Gasteiger partial charge in [0.15, 0.2) is 5.82 Å². The van der Waals surface area contributed by atoms with Gasteiger partial charge < -0.3 is 9.88 Å². The van der Waals surface area contributed by atoms with E-state index in [0.29, 0.717) is 23.4 Å². The van der Waals surface area contributed by atoms with Crippen molar-refractivity contribution < 1.29 is 9.72 Å². The number of amides is 1. The number of carbonyl (C=O) groups is 1. The predicted molar refractivity (Wildman–Crippen MR) is 82.4 cm³/mol. The fourth-order valence-electron chi connectivity index (χ4n) is 2.60. The maximum Gasteiger partial charge on any atom is 0.324 e. The molecular formula is C14H15N5O3S. The minimum atomic E-state index is -0.493. The van der Waals surface area contributed by atoms with E-state index in [4.69, 9.17) is 0 Å². The normalized spacial score (nSPS) is 17.2. The van der Waals surface area contributed by atoms with Gasteiger partial charge in [0.1, 0.15) is 5.82 Å². The first-order valence-corrected chi connectivity index (χ1v) is 8.41. The van der Waals surface area contributed by atoms with E-state index in [1.54, 1.807) is 0 Å². The van der Waals surface area contributed by atoms with Crippen LogP contribution in [0.2, 0.25) is 0 Å². The molecule has 23 heavy (non-hydrogen) atoms. The van der Waals surface area contributed by atoms with Gasteiger partial charge in [-0.3, -0.25) is 14.9 Å². The second kappa shape index (κ2) is 5.41. The third kappa shape index (κ3) is 2.83. The lowest BCUT2D eigenvalue weighted by Crippen LogP contribution is -2.24. The number of hydrogen-bond acceptors (Lipinski definition) is 6. The van der Waals surface area contributed by atoms with Crippen LogP contribution in [0.25, 0.3) is 0 Å². The van der Waals surface area contributed by atoms with Gasteiger partial charge in [0.05, 0.1) is 16.3 Å². The number of nitro groups is 1. The lowest BCUT2D eigenvalue weighted by Gasteiger charge is -2.09. The number of nitrogens with one attached hydrogen (secondary N) is 1. The van der Waals surface area contributed by atoms with Gasteiger partial charge in [-0.25, -0.2) is 0 Å². The second-order valence-corrected chi connectivity index (χ2v) is 6.99. The van der Waals surface area contributed by atoms with Crippen LogP contribution in [-0.4, -0.2) is 25.6 Å². The van der Waals surface area contributed by atoms with E-state index in [9.17, 15) is 14.9 Å². The zero-order valence-corrected chi connectivity index (χ0v) is 13.1. The molecule has 0 atom stereocenters. The molecule has 0 radical (unpaired) electrons. The van der Waals surface area contributed by atoms with E-state index in [1.807, 2.05) is 0 Å². The Morgan fingerprint density at radius 1 is 1.35 bits per heavy atom. The lowest BCUT2D eigenvalue weighted by molar-refractivity contribution is -0.380. The van der Waals surface area contributed by atoms with Gasteiger partial charge in [-0.05, 0) is 31.7 Å². The first kappa shape index (κ1) is 14.3. The van der Waals surface area contributed by atoms with Gasteiger partial charge in [-0.15, -0.1) is 10.2 Å². The number of carbonyl (C=O) groups excluding carboxylic acids is 1. The van der Waals surface area contributed by atoms with E-state index >= 15 is 0 Å². The van der Waals surface area contributed by atoms with Gasteiger partial charge in [-0.2, -0.15) is 0 Å². The van der Waals surface area contributed by atoms with Crippen molar-refractivity contribution in [1.82, 2.24) is 20.1 Å². The Morgan fingerprint density at radius 3 is 2.74 bits per heavy atom. The van der Waals surface area contributed by atoms with Crippen LogP contribution < -0.4 is 5.32 Å².